The van der Waals surface area contributed by atoms with E-state index >= 15 is 0 Å². The summed E-state index contributed by atoms with van der Waals surface area (Å²) in [5.41, 5.74) is 2.79. The van der Waals surface area contributed by atoms with E-state index in [1.165, 1.54) is 0 Å². The first-order valence-corrected chi connectivity index (χ1v) is 8.18. The van der Waals surface area contributed by atoms with Crippen LogP contribution >= 0.6 is 11.6 Å². The van der Waals surface area contributed by atoms with Crippen LogP contribution in [0.1, 0.15) is 29.3 Å². The SMILES string of the molecule is Cc1noc(C)c1Cc1nc(-c2ccc(Cl)cc2)nn1CCCO. The highest BCUT2D eigenvalue weighted by molar-refractivity contribution is 6.30. The zero-order chi connectivity index (χ0) is 17.1. The quantitative estimate of drug-likeness (QED) is 0.741. The molecule has 0 bridgehead atoms. The predicted molar refractivity (Wildman–Crippen MR) is 91.0 cm³/mol. The van der Waals surface area contributed by atoms with E-state index in [-0.39, 0.29) is 6.61 Å². The maximum absolute atomic E-state index is 9.12. The van der Waals surface area contributed by atoms with Gasteiger partial charge in [-0.15, -0.1) is 0 Å². The number of aromatic nitrogens is 4. The lowest BCUT2D eigenvalue weighted by molar-refractivity contribution is 0.276. The first kappa shape index (κ1) is 16.7. The average Bonchev–Trinajstić information content (AvgIpc) is 3.12. The molecule has 0 fully saturated rings. The molecule has 0 saturated heterocycles. The Bertz CT molecular complexity index is 804. The number of aliphatic hydroxyl groups excluding tert-OH is 1. The third-order valence-electron chi connectivity index (χ3n) is 3.89. The van der Waals surface area contributed by atoms with Crippen LogP contribution < -0.4 is 0 Å². The smallest absolute Gasteiger partial charge is 0.181 e. The molecule has 0 saturated carbocycles. The number of aliphatic hydroxyl groups is 1. The molecule has 0 unspecified atom stereocenters. The van der Waals surface area contributed by atoms with E-state index in [4.69, 9.17) is 21.2 Å². The summed E-state index contributed by atoms with van der Waals surface area (Å²) in [5.74, 6) is 2.26. The summed E-state index contributed by atoms with van der Waals surface area (Å²) in [4.78, 5) is 4.68. The summed E-state index contributed by atoms with van der Waals surface area (Å²) < 4.78 is 7.07. The van der Waals surface area contributed by atoms with Crippen molar-refractivity contribution in [2.45, 2.75) is 33.2 Å². The molecule has 0 aliphatic rings. The normalized spacial score (nSPS) is 11.2. The van der Waals surface area contributed by atoms with E-state index in [1.807, 2.05) is 42.8 Å². The van der Waals surface area contributed by atoms with Gasteiger partial charge in [0.15, 0.2) is 5.82 Å². The number of halogens is 1. The molecule has 2 aromatic heterocycles. The summed E-state index contributed by atoms with van der Waals surface area (Å²) in [7, 11) is 0. The van der Waals surface area contributed by atoms with Crippen molar-refractivity contribution in [3.05, 3.63) is 52.1 Å². The van der Waals surface area contributed by atoms with Crippen LogP contribution in [-0.4, -0.2) is 31.6 Å². The summed E-state index contributed by atoms with van der Waals surface area (Å²) in [6.45, 7) is 4.53. The Balaban J connectivity index is 1.95. The highest BCUT2D eigenvalue weighted by atomic mass is 35.5. The second-order valence-electron chi connectivity index (χ2n) is 5.64. The van der Waals surface area contributed by atoms with E-state index in [1.54, 1.807) is 0 Å². The lowest BCUT2D eigenvalue weighted by Gasteiger charge is -2.04. The number of benzene rings is 1. The van der Waals surface area contributed by atoms with Crippen LogP contribution in [0, 0.1) is 13.8 Å². The molecule has 0 amide bonds. The van der Waals surface area contributed by atoms with Crippen molar-refractivity contribution in [3.63, 3.8) is 0 Å². The van der Waals surface area contributed by atoms with Gasteiger partial charge in [0.25, 0.3) is 0 Å². The van der Waals surface area contributed by atoms with Crippen molar-refractivity contribution in [3.8, 4) is 11.4 Å². The monoisotopic (exact) mass is 346 g/mol. The van der Waals surface area contributed by atoms with Crippen LogP contribution in [0.25, 0.3) is 11.4 Å². The van der Waals surface area contributed by atoms with Crippen molar-refractivity contribution in [1.29, 1.82) is 0 Å². The lowest BCUT2D eigenvalue weighted by Crippen LogP contribution is -2.08. The fourth-order valence-corrected chi connectivity index (χ4v) is 2.66. The number of aryl methyl sites for hydroxylation is 3. The van der Waals surface area contributed by atoms with Crippen LogP contribution in [0.5, 0.6) is 0 Å². The average molecular weight is 347 g/mol. The van der Waals surface area contributed by atoms with E-state index in [2.05, 4.69) is 15.2 Å². The van der Waals surface area contributed by atoms with Gasteiger partial charge in [-0.1, -0.05) is 16.8 Å². The summed E-state index contributed by atoms with van der Waals surface area (Å²) in [6, 6.07) is 7.43. The van der Waals surface area contributed by atoms with Gasteiger partial charge in [0.1, 0.15) is 11.6 Å². The van der Waals surface area contributed by atoms with E-state index in [9.17, 15) is 0 Å². The Hall–Kier alpha value is -2.18. The Morgan fingerprint density at radius 3 is 2.58 bits per heavy atom. The molecular formula is C17H19ClN4O2. The number of hydrogen-bond acceptors (Lipinski definition) is 5. The van der Waals surface area contributed by atoms with Crippen molar-refractivity contribution < 1.29 is 9.63 Å². The zero-order valence-corrected chi connectivity index (χ0v) is 14.4. The molecule has 1 N–H and O–H groups in total. The van der Waals surface area contributed by atoms with E-state index in [0.717, 1.165) is 28.4 Å². The van der Waals surface area contributed by atoms with Gasteiger partial charge in [-0.25, -0.2) is 9.67 Å². The Morgan fingerprint density at radius 2 is 1.96 bits per heavy atom. The van der Waals surface area contributed by atoms with Crippen LogP contribution in [-0.2, 0) is 13.0 Å². The molecule has 3 rings (SSSR count). The molecule has 0 radical (unpaired) electrons. The van der Waals surface area contributed by atoms with Gasteiger partial charge in [-0.05, 0) is 44.5 Å². The van der Waals surface area contributed by atoms with Gasteiger partial charge in [-0.2, -0.15) is 5.10 Å². The van der Waals surface area contributed by atoms with Crippen molar-refractivity contribution in [2.75, 3.05) is 6.61 Å². The third kappa shape index (κ3) is 3.49. The van der Waals surface area contributed by atoms with Crippen molar-refractivity contribution in [2.24, 2.45) is 0 Å². The largest absolute Gasteiger partial charge is 0.396 e. The van der Waals surface area contributed by atoms with Gasteiger partial charge >= 0.3 is 0 Å². The Labute approximate surface area is 145 Å². The molecule has 0 spiro atoms. The predicted octanol–water partition coefficient (Wildman–Crippen LogP) is 3.18. The molecule has 7 heteroatoms. The molecule has 0 atom stereocenters. The summed E-state index contributed by atoms with van der Waals surface area (Å²) in [6.07, 6.45) is 1.21. The van der Waals surface area contributed by atoms with E-state index in [0.29, 0.717) is 30.2 Å². The Morgan fingerprint density at radius 1 is 1.21 bits per heavy atom. The number of nitrogens with zero attached hydrogens (tertiary/aromatic N) is 4. The molecule has 2 heterocycles. The van der Waals surface area contributed by atoms with Gasteiger partial charge in [0.05, 0.1) is 5.69 Å². The third-order valence-corrected chi connectivity index (χ3v) is 4.15. The van der Waals surface area contributed by atoms with Crippen LogP contribution in [0.4, 0.5) is 0 Å². The van der Waals surface area contributed by atoms with Crippen LogP contribution in [0.2, 0.25) is 5.02 Å². The van der Waals surface area contributed by atoms with E-state index < -0.39 is 0 Å². The first-order chi connectivity index (χ1) is 11.6. The standard InChI is InChI=1S/C17H19ClN4O2/c1-11-15(12(2)24-21-11)10-16-19-17(20-22(16)8-3-9-23)13-4-6-14(18)7-5-13/h4-7,23H,3,8-10H2,1-2H3. The fourth-order valence-electron chi connectivity index (χ4n) is 2.54. The molecule has 24 heavy (non-hydrogen) atoms. The van der Waals surface area contributed by atoms with Crippen LogP contribution in [0.3, 0.4) is 0 Å². The van der Waals surface area contributed by atoms with Crippen LogP contribution in [0.15, 0.2) is 28.8 Å². The zero-order valence-electron chi connectivity index (χ0n) is 13.7. The highest BCUT2D eigenvalue weighted by Gasteiger charge is 2.16. The second kappa shape index (κ2) is 7.15. The van der Waals surface area contributed by atoms with Gasteiger partial charge in [0.2, 0.25) is 0 Å². The summed E-state index contributed by atoms with van der Waals surface area (Å²) in [5, 5.41) is 18.4. The minimum atomic E-state index is 0.112. The summed E-state index contributed by atoms with van der Waals surface area (Å²) >= 11 is 5.94. The molecule has 0 aliphatic heterocycles. The molecule has 1 aromatic carbocycles. The fraction of sp³-hybridized carbons (Fsp3) is 0.353. The Kier molecular flexibility index (Phi) is 4.97. The molecular weight excluding hydrogens is 328 g/mol. The second-order valence-corrected chi connectivity index (χ2v) is 6.07. The molecule has 126 valence electrons. The lowest BCUT2D eigenvalue weighted by atomic mass is 10.1. The topological polar surface area (TPSA) is 77.0 Å². The first-order valence-electron chi connectivity index (χ1n) is 7.80. The molecule has 0 aliphatic carbocycles. The maximum atomic E-state index is 9.12. The highest BCUT2D eigenvalue weighted by Crippen LogP contribution is 2.22. The molecule has 6 nitrogen and oxygen atoms in total. The van der Waals surface area contributed by atoms with Crippen molar-refractivity contribution in [1.82, 2.24) is 19.9 Å². The molecule has 3 aromatic rings. The maximum Gasteiger partial charge on any atom is 0.181 e. The van der Waals surface area contributed by atoms with Crippen molar-refractivity contribution >= 4 is 11.6 Å². The minimum Gasteiger partial charge on any atom is -0.396 e. The number of hydrogen-bond donors (Lipinski definition) is 1. The van der Waals surface area contributed by atoms with Gasteiger partial charge in [-0.3, -0.25) is 0 Å². The van der Waals surface area contributed by atoms with Gasteiger partial charge in [0, 0.05) is 35.7 Å². The van der Waals surface area contributed by atoms with Gasteiger partial charge < -0.3 is 9.63 Å². The minimum absolute atomic E-state index is 0.112. The number of rotatable bonds is 6.